The predicted octanol–water partition coefficient (Wildman–Crippen LogP) is 4.59. The van der Waals surface area contributed by atoms with Crippen LogP contribution in [0.15, 0.2) is 37.2 Å². The minimum Gasteiger partial charge on any atom is -0.476 e. The quantitative estimate of drug-likeness (QED) is 0.745. The van der Waals surface area contributed by atoms with Crippen molar-refractivity contribution in [2.45, 2.75) is 0 Å². The van der Waals surface area contributed by atoms with Crippen molar-refractivity contribution in [2.75, 3.05) is 0 Å². The zero-order valence-corrected chi connectivity index (χ0v) is 12.5. The zero-order valence-electron chi connectivity index (χ0n) is 9.29. The lowest BCUT2D eigenvalue weighted by Gasteiger charge is -1.92. The Kier molecular flexibility index (Phi) is 3.26. The molecular formula is C12H6BrNO3S2. The van der Waals surface area contributed by atoms with Gasteiger partial charge in [0.15, 0.2) is 11.5 Å². The molecule has 0 bridgehead atoms. The van der Waals surface area contributed by atoms with Gasteiger partial charge in [-0.2, -0.15) is 0 Å². The summed E-state index contributed by atoms with van der Waals surface area (Å²) in [7, 11) is 0. The molecule has 0 atom stereocenters. The number of hydrogen-bond acceptors (Lipinski definition) is 5. The summed E-state index contributed by atoms with van der Waals surface area (Å²) in [5.74, 6) is -0.466. The molecule has 0 radical (unpaired) electrons. The van der Waals surface area contributed by atoms with Gasteiger partial charge in [0.25, 0.3) is 0 Å². The van der Waals surface area contributed by atoms with E-state index < -0.39 is 5.97 Å². The monoisotopic (exact) mass is 355 g/mol. The minimum atomic E-state index is -1.09. The van der Waals surface area contributed by atoms with E-state index in [1.54, 1.807) is 0 Å². The summed E-state index contributed by atoms with van der Waals surface area (Å²) in [4.78, 5) is 16.1. The van der Waals surface area contributed by atoms with E-state index in [1.807, 2.05) is 29.0 Å². The van der Waals surface area contributed by atoms with Crippen LogP contribution in [0.1, 0.15) is 10.5 Å². The molecule has 19 heavy (non-hydrogen) atoms. The fraction of sp³-hybridized carbons (Fsp3) is 0. The molecule has 0 aliphatic carbocycles. The van der Waals surface area contributed by atoms with Gasteiger partial charge in [0.05, 0.1) is 8.66 Å². The third-order valence-corrected chi connectivity index (χ3v) is 4.75. The Morgan fingerprint density at radius 1 is 1.42 bits per heavy atom. The number of rotatable bonds is 3. The molecule has 0 saturated carbocycles. The zero-order chi connectivity index (χ0) is 13.4. The first-order valence-corrected chi connectivity index (χ1v) is 7.73. The molecule has 3 aromatic heterocycles. The van der Waals surface area contributed by atoms with Gasteiger partial charge in [-0.1, -0.05) is 6.07 Å². The number of carboxylic acid groups (broad SMARTS) is 1. The molecule has 3 rings (SSSR count). The van der Waals surface area contributed by atoms with E-state index in [1.165, 1.54) is 22.7 Å². The highest BCUT2D eigenvalue weighted by Gasteiger charge is 2.22. The van der Waals surface area contributed by atoms with E-state index in [2.05, 4.69) is 20.9 Å². The van der Waals surface area contributed by atoms with Gasteiger partial charge in [-0.15, -0.1) is 22.7 Å². The predicted molar refractivity (Wildman–Crippen MR) is 77.8 cm³/mol. The highest BCUT2D eigenvalue weighted by molar-refractivity contribution is 9.11. The molecule has 0 fully saturated rings. The lowest BCUT2D eigenvalue weighted by Crippen LogP contribution is -1.98. The molecule has 3 aromatic rings. The maximum Gasteiger partial charge on any atom is 0.358 e. The van der Waals surface area contributed by atoms with E-state index in [9.17, 15) is 9.90 Å². The first-order valence-electron chi connectivity index (χ1n) is 5.17. The van der Waals surface area contributed by atoms with Gasteiger partial charge in [0.2, 0.25) is 5.89 Å². The molecule has 3 heterocycles. The van der Waals surface area contributed by atoms with Gasteiger partial charge < -0.3 is 9.52 Å². The van der Waals surface area contributed by atoms with Crippen LogP contribution in [-0.4, -0.2) is 16.1 Å². The molecule has 96 valence electrons. The topological polar surface area (TPSA) is 63.3 Å². The number of carbonyl (C=O) groups is 1. The average Bonchev–Trinajstić information content (AvgIpc) is 3.07. The van der Waals surface area contributed by atoms with Crippen LogP contribution in [0, 0.1) is 0 Å². The van der Waals surface area contributed by atoms with Gasteiger partial charge in [-0.05, 0) is 33.4 Å². The molecule has 0 aliphatic rings. The number of oxazole rings is 1. The Labute approximate surface area is 124 Å². The van der Waals surface area contributed by atoms with Crippen molar-refractivity contribution >= 4 is 44.6 Å². The third kappa shape index (κ3) is 2.36. The van der Waals surface area contributed by atoms with Gasteiger partial charge >= 0.3 is 5.97 Å². The van der Waals surface area contributed by atoms with Crippen LogP contribution in [0.2, 0.25) is 0 Å². The first-order chi connectivity index (χ1) is 9.15. The number of carboxylic acids is 1. The fourth-order valence-corrected chi connectivity index (χ4v) is 3.38. The van der Waals surface area contributed by atoms with E-state index in [4.69, 9.17) is 4.42 Å². The second-order valence-electron chi connectivity index (χ2n) is 3.62. The number of halogens is 1. The second kappa shape index (κ2) is 4.92. The average molecular weight is 356 g/mol. The summed E-state index contributed by atoms with van der Waals surface area (Å²) in [6.07, 6.45) is 0. The largest absolute Gasteiger partial charge is 0.476 e. The summed E-state index contributed by atoms with van der Waals surface area (Å²) in [6, 6.07) is 5.52. The van der Waals surface area contributed by atoms with Crippen molar-refractivity contribution in [1.29, 1.82) is 0 Å². The van der Waals surface area contributed by atoms with Crippen molar-refractivity contribution < 1.29 is 14.3 Å². The van der Waals surface area contributed by atoms with E-state index in [0.717, 1.165) is 8.66 Å². The number of nitrogens with zero attached hydrogens (tertiary/aromatic N) is 1. The molecule has 0 spiro atoms. The first kappa shape index (κ1) is 12.6. The van der Waals surface area contributed by atoms with Crippen LogP contribution in [-0.2, 0) is 0 Å². The number of thiophene rings is 2. The summed E-state index contributed by atoms with van der Waals surface area (Å²) >= 11 is 6.27. The van der Waals surface area contributed by atoms with E-state index in [-0.39, 0.29) is 11.5 Å². The van der Waals surface area contributed by atoms with Gasteiger partial charge in [0.1, 0.15) is 0 Å². The molecular weight excluding hydrogens is 350 g/mol. The van der Waals surface area contributed by atoms with Crippen LogP contribution in [0.25, 0.3) is 22.1 Å². The normalized spacial score (nSPS) is 10.8. The number of hydrogen-bond donors (Lipinski definition) is 1. The Balaban J connectivity index is 2.15. The molecule has 0 aliphatic heterocycles. The van der Waals surface area contributed by atoms with Crippen molar-refractivity contribution in [1.82, 2.24) is 4.98 Å². The number of aromatic nitrogens is 1. The highest BCUT2D eigenvalue weighted by atomic mass is 79.9. The molecule has 4 nitrogen and oxygen atoms in total. The van der Waals surface area contributed by atoms with Crippen LogP contribution in [0.4, 0.5) is 0 Å². The maximum absolute atomic E-state index is 11.3. The van der Waals surface area contributed by atoms with Gasteiger partial charge in [-0.3, -0.25) is 0 Å². The summed E-state index contributed by atoms with van der Waals surface area (Å²) in [5, 5.41) is 12.9. The van der Waals surface area contributed by atoms with Crippen molar-refractivity contribution in [3.63, 3.8) is 0 Å². The minimum absolute atomic E-state index is 0.0614. The lowest BCUT2D eigenvalue weighted by atomic mass is 10.2. The van der Waals surface area contributed by atoms with Gasteiger partial charge in [-0.25, -0.2) is 9.78 Å². The standard InChI is InChI=1S/C12H6BrNO3S2/c13-8-4-6(5-19-8)10-9(12(15)16)14-11(17-10)7-2-1-3-18-7/h1-5H,(H,15,16). The Bertz CT molecular complexity index is 730. The van der Waals surface area contributed by atoms with E-state index >= 15 is 0 Å². The van der Waals surface area contributed by atoms with Crippen LogP contribution in [0.3, 0.4) is 0 Å². The Morgan fingerprint density at radius 3 is 2.84 bits per heavy atom. The molecule has 0 unspecified atom stereocenters. The molecule has 0 amide bonds. The van der Waals surface area contributed by atoms with E-state index in [0.29, 0.717) is 11.5 Å². The lowest BCUT2D eigenvalue weighted by molar-refractivity contribution is 0.0691. The summed E-state index contributed by atoms with van der Waals surface area (Å²) in [5.41, 5.74) is 0.651. The smallest absolute Gasteiger partial charge is 0.358 e. The SMILES string of the molecule is O=C(O)c1nc(-c2cccs2)oc1-c1csc(Br)c1. The fourth-order valence-electron chi connectivity index (χ4n) is 1.60. The molecule has 7 heteroatoms. The maximum atomic E-state index is 11.3. The van der Waals surface area contributed by atoms with Gasteiger partial charge in [0, 0.05) is 10.9 Å². The van der Waals surface area contributed by atoms with Crippen LogP contribution < -0.4 is 0 Å². The van der Waals surface area contributed by atoms with Crippen LogP contribution in [0.5, 0.6) is 0 Å². The molecule has 0 saturated heterocycles. The summed E-state index contributed by atoms with van der Waals surface area (Å²) < 4.78 is 6.53. The Hall–Kier alpha value is -1.44. The second-order valence-corrected chi connectivity index (χ2v) is 6.86. The molecule has 0 aromatic carbocycles. The molecule has 1 N–H and O–H groups in total. The van der Waals surface area contributed by atoms with Crippen molar-refractivity contribution in [3.8, 4) is 22.1 Å². The number of aromatic carboxylic acids is 1. The third-order valence-electron chi connectivity index (χ3n) is 2.39. The van der Waals surface area contributed by atoms with Crippen LogP contribution >= 0.6 is 38.6 Å². The highest BCUT2D eigenvalue weighted by Crippen LogP contribution is 2.35. The van der Waals surface area contributed by atoms with Crippen molar-refractivity contribution in [3.05, 3.63) is 38.4 Å². The summed E-state index contributed by atoms with van der Waals surface area (Å²) in [6.45, 7) is 0. The van der Waals surface area contributed by atoms with Crippen molar-refractivity contribution in [2.24, 2.45) is 0 Å². The Morgan fingerprint density at radius 2 is 2.26 bits per heavy atom.